The Morgan fingerprint density at radius 1 is 1.09 bits per heavy atom. The molecule has 1 aromatic carbocycles. The summed E-state index contributed by atoms with van der Waals surface area (Å²) in [5, 5.41) is 13.7. The van der Waals surface area contributed by atoms with Crippen molar-refractivity contribution in [3.63, 3.8) is 0 Å². The maximum Gasteiger partial charge on any atom is 0.221 e. The summed E-state index contributed by atoms with van der Waals surface area (Å²) in [4.78, 5) is 37.4. The van der Waals surface area contributed by atoms with Crippen LogP contribution in [0.2, 0.25) is 0 Å². The third kappa shape index (κ3) is 6.01. The molecule has 0 radical (unpaired) electrons. The molecule has 3 heterocycles. The Morgan fingerprint density at radius 3 is 2.37 bits per heavy atom. The Balaban J connectivity index is 1.66. The van der Waals surface area contributed by atoms with Crippen LogP contribution in [0.1, 0.15) is 19.5 Å². The number of amides is 2. The first kappa shape index (κ1) is 24.3. The van der Waals surface area contributed by atoms with Gasteiger partial charge in [0.25, 0.3) is 0 Å². The highest BCUT2D eigenvalue weighted by molar-refractivity contribution is 7.99. The zero-order valence-corrected chi connectivity index (χ0v) is 20.9. The SMILES string of the molecule is COc1c(Nc2cc(C)[nH]n2)nc(Sc2ccc(NC(C)=O)cc2)nc1N1CCN(C(C)=O)CC1. The predicted molar refractivity (Wildman–Crippen MR) is 135 cm³/mol. The van der Waals surface area contributed by atoms with E-state index in [-0.39, 0.29) is 11.8 Å². The fraction of sp³-hybridized carbons (Fsp3) is 0.348. The van der Waals surface area contributed by atoms with Gasteiger partial charge in [-0.15, -0.1) is 0 Å². The molecule has 3 aromatic rings. The van der Waals surface area contributed by atoms with Crippen molar-refractivity contribution in [1.29, 1.82) is 0 Å². The highest BCUT2D eigenvalue weighted by atomic mass is 32.2. The number of nitrogens with one attached hydrogen (secondary N) is 3. The average molecular weight is 497 g/mol. The number of anilines is 4. The summed E-state index contributed by atoms with van der Waals surface area (Å²) >= 11 is 1.40. The smallest absolute Gasteiger partial charge is 0.221 e. The van der Waals surface area contributed by atoms with Crippen LogP contribution < -0.4 is 20.3 Å². The molecular weight excluding hydrogens is 468 g/mol. The van der Waals surface area contributed by atoms with E-state index in [1.54, 1.807) is 14.0 Å². The van der Waals surface area contributed by atoms with E-state index in [1.807, 2.05) is 42.2 Å². The minimum absolute atomic E-state index is 0.0644. The van der Waals surface area contributed by atoms with Crippen molar-refractivity contribution in [3.8, 4) is 5.75 Å². The van der Waals surface area contributed by atoms with E-state index in [9.17, 15) is 9.59 Å². The molecule has 1 aliphatic rings. The molecule has 2 aromatic heterocycles. The molecule has 0 aliphatic carbocycles. The fourth-order valence-electron chi connectivity index (χ4n) is 3.70. The molecule has 3 N–H and O–H groups in total. The molecule has 0 unspecified atom stereocenters. The van der Waals surface area contributed by atoms with Crippen LogP contribution >= 0.6 is 11.8 Å². The van der Waals surface area contributed by atoms with Crippen LogP contribution in [0.4, 0.5) is 23.1 Å². The molecular formula is C23H28N8O3S. The molecule has 35 heavy (non-hydrogen) atoms. The number of carbonyl (C=O) groups excluding carboxylic acids is 2. The van der Waals surface area contributed by atoms with Gasteiger partial charge in [-0.25, -0.2) is 9.97 Å². The van der Waals surface area contributed by atoms with Crippen molar-refractivity contribution < 1.29 is 14.3 Å². The van der Waals surface area contributed by atoms with Gasteiger partial charge in [0.1, 0.15) is 0 Å². The number of nitrogens with zero attached hydrogens (tertiary/aromatic N) is 5. The molecule has 0 saturated carbocycles. The zero-order valence-electron chi connectivity index (χ0n) is 20.1. The van der Waals surface area contributed by atoms with Crippen molar-refractivity contribution >= 4 is 46.7 Å². The monoisotopic (exact) mass is 496 g/mol. The number of piperazine rings is 1. The van der Waals surface area contributed by atoms with Crippen LogP contribution in [0, 0.1) is 6.92 Å². The van der Waals surface area contributed by atoms with Crippen molar-refractivity contribution in [2.45, 2.75) is 30.8 Å². The van der Waals surface area contributed by atoms with E-state index in [0.29, 0.717) is 54.5 Å². The molecule has 0 bridgehead atoms. The molecule has 0 atom stereocenters. The van der Waals surface area contributed by atoms with Crippen LogP contribution in [0.3, 0.4) is 0 Å². The number of hydrogen-bond acceptors (Lipinski definition) is 9. The summed E-state index contributed by atoms with van der Waals surface area (Å²) in [6.45, 7) is 7.45. The highest BCUT2D eigenvalue weighted by Gasteiger charge is 2.26. The normalized spacial score (nSPS) is 13.5. The van der Waals surface area contributed by atoms with E-state index in [0.717, 1.165) is 16.3 Å². The molecule has 0 spiro atoms. The first-order chi connectivity index (χ1) is 16.8. The number of benzene rings is 1. The second-order valence-corrected chi connectivity index (χ2v) is 9.11. The van der Waals surface area contributed by atoms with Gasteiger partial charge in [0.15, 0.2) is 22.6 Å². The van der Waals surface area contributed by atoms with Crippen molar-refractivity contribution in [2.24, 2.45) is 0 Å². The second kappa shape index (κ2) is 10.6. The summed E-state index contributed by atoms with van der Waals surface area (Å²) < 4.78 is 5.74. The minimum atomic E-state index is -0.122. The highest BCUT2D eigenvalue weighted by Crippen LogP contribution is 2.38. The summed E-state index contributed by atoms with van der Waals surface area (Å²) in [5.41, 5.74) is 1.63. The third-order valence-corrected chi connectivity index (χ3v) is 6.27. The molecule has 1 aliphatic heterocycles. The largest absolute Gasteiger partial charge is 0.490 e. The van der Waals surface area contributed by atoms with Crippen LogP contribution in [-0.2, 0) is 9.59 Å². The number of aromatic nitrogens is 4. The maximum absolute atomic E-state index is 11.8. The van der Waals surface area contributed by atoms with Gasteiger partial charge in [0, 0.05) is 62.4 Å². The summed E-state index contributed by atoms with van der Waals surface area (Å²) in [5.74, 6) is 2.21. The summed E-state index contributed by atoms with van der Waals surface area (Å²) in [6.07, 6.45) is 0. The zero-order chi connectivity index (χ0) is 24.9. The van der Waals surface area contributed by atoms with Gasteiger partial charge in [0.05, 0.1) is 7.11 Å². The second-order valence-electron chi connectivity index (χ2n) is 8.07. The van der Waals surface area contributed by atoms with Gasteiger partial charge >= 0.3 is 0 Å². The number of rotatable bonds is 7. The van der Waals surface area contributed by atoms with Gasteiger partial charge in [-0.3, -0.25) is 14.7 Å². The first-order valence-electron chi connectivity index (χ1n) is 11.1. The Hall–Kier alpha value is -3.80. The van der Waals surface area contributed by atoms with Crippen LogP contribution in [-0.4, -0.2) is 70.2 Å². The van der Waals surface area contributed by atoms with Crippen molar-refractivity contribution in [2.75, 3.05) is 48.8 Å². The van der Waals surface area contributed by atoms with Crippen molar-refractivity contribution in [3.05, 3.63) is 36.0 Å². The number of hydrogen-bond donors (Lipinski definition) is 3. The lowest BCUT2D eigenvalue weighted by atomic mass is 10.3. The number of aromatic amines is 1. The summed E-state index contributed by atoms with van der Waals surface area (Å²) in [6, 6.07) is 9.35. The molecule has 11 nitrogen and oxygen atoms in total. The Kier molecular flexibility index (Phi) is 7.39. The van der Waals surface area contributed by atoms with Gasteiger partial charge in [-0.05, 0) is 43.0 Å². The minimum Gasteiger partial charge on any atom is -0.490 e. The molecule has 2 amide bonds. The number of aryl methyl sites for hydroxylation is 1. The van der Waals surface area contributed by atoms with Crippen LogP contribution in [0.25, 0.3) is 0 Å². The van der Waals surface area contributed by atoms with E-state index < -0.39 is 0 Å². The number of carbonyl (C=O) groups is 2. The standard InChI is InChI=1S/C23H28N8O3S/c1-14-13-19(29-28-14)25-21-20(34-4)22(31-11-9-30(10-12-31)16(3)33)27-23(26-21)35-18-7-5-17(6-8-18)24-15(2)32/h5-8,13H,9-12H2,1-4H3,(H,24,32)(H2,25,26,27,28,29). The Labute approximate surface area is 207 Å². The quantitative estimate of drug-likeness (QED) is 0.423. The summed E-state index contributed by atoms with van der Waals surface area (Å²) in [7, 11) is 1.59. The van der Waals surface area contributed by atoms with Gasteiger partial charge < -0.3 is 25.2 Å². The average Bonchev–Trinajstić information content (AvgIpc) is 3.24. The fourth-order valence-corrected chi connectivity index (χ4v) is 4.45. The molecule has 12 heteroatoms. The van der Waals surface area contributed by atoms with Crippen LogP contribution in [0.15, 0.2) is 40.4 Å². The molecule has 1 saturated heterocycles. The van der Waals surface area contributed by atoms with Gasteiger partial charge in [-0.2, -0.15) is 5.10 Å². The third-order valence-electron chi connectivity index (χ3n) is 5.39. The maximum atomic E-state index is 11.8. The molecule has 1 fully saturated rings. The van der Waals surface area contributed by atoms with E-state index in [1.165, 1.54) is 18.7 Å². The molecule has 4 rings (SSSR count). The Bertz CT molecular complexity index is 1210. The van der Waals surface area contributed by atoms with Crippen LogP contribution in [0.5, 0.6) is 5.75 Å². The lowest BCUT2D eigenvalue weighted by molar-refractivity contribution is -0.129. The number of ether oxygens (including phenoxy) is 1. The lowest BCUT2D eigenvalue weighted by Crippen LogP contribution is -2.48. The van der Waals surface area contributed by atoms with Crippen molar-refractivity contribution in [1.82, 2.24) is 25.1 Å². The van der Waals surface area contributed by atoms with E-state index in [2.05, 4.69) is 25.7 Å². The van der Waals surface area contributed by atoms with E-state index >= 15 is 0 Å². The van der Waals surface area contributed by atoms with E-state index in [4.69, 9.17) is 14.7 Å². The molecule has 184 valence electrons. The first-order valence-corrected chi connectivity index (χ1v) is 11.9. The number of H-pyrrole nitrogens is 1. The lowest BCUT2D eigenvalue weighted by Gasteiger charge is -2.35. The Morgan fingerprint density at radius 2 is 1.80 bits per heavy atom. The van der Waals surface area contributed by atoms with Gasteiger partial charge in [-0.1, -0.05) is 0 Å². The number of methoxy groups -OCH3 is 1. The topological polar surface area (TPSA) is 128 Å². The predicted octanol–water partition coefficient (Wildman–Crippen LogP) is 3.04. The van der Waals surface area contributed by atoms with Gasteiger partial charge in [0.2, 0.25) is 17.6 Å².